The van der Waals surface area contributed by atoms with E-state index < -0.39 is 0 Å². The summed E-state index contributed by atoms with van der Waals surface area (Å²) in [6.45, 7) is 0. The van der Waals surface area contributed by atoms with Gasteiger partial charge in [0.05, 0.1) is 18.2 Å². The number of benzene rings is 1. The van der Waals surface area contributed by atoms with Gasteiger partial charge >= 0.3 is 0 Å². The maximum atomic E-state index is 10.1. The molecule has 3 aromatic rings. The molecule has 3 rings (SSSR count). The number of nitrogens with zero attached hydrogens (tertiary/aromatic N) is 3. The Labute approximate surface area is 135 Å². The Morgan fingerprint density at radius 2 is 2.27 bits per heavy atom. The molecule has 0 aliphatic heterocycles. The number of ether oxygens (including phenoxy) is 1. The summed E-state index contributed by atoms with van der Waals surface area (Å²) in [7, 11) is 1.50. The number of thiophene rings is 1. The van der Waals surface area contributed by atoms with E-state index in [4.69, 9.17) is 17.0 Å². The Hall–Kier alpha value is -2.45. The van der Waals surface area contributed by atoms with Crippen molar-refractivity contribution >= 4 is 29.8 Å². The van der Waals surface area contributed by atoms with Crippen molar-refractivity contribution in [3.63, 3.8) is 0 Å². The second-order valence-corrected chi connectivity index (χ2v) is 5.62. The first-order valence-electron chi connectivity index (χ1n) is 6.32. The number of phenols is 1. The molecule has 2 N–H and O–H groups in total. The Balaban J connectivity index is 2.01. The highest BCUT2D eigenvalue weighted by atomic mass is 32.1. The molecule has 0 spiro atoms. The fourth-order valence-electron chi connectivity index (χ4n) is 1.89. The Morgan fingerprint density at radius 1 is 1.41 bits per heavy atom. The highest BCUT2D eigenvalue weighted by molar-refractivity contribution is 7.71. The lowest BCUT2D eigenvalue weighted by Gasteiger charge is -2.05. The summed E-state index contributed by atoms with van der Waals surface area (Å²) in [5, 5.41) is 23.2. The van der Waals surface area contributed by atoms with E-state index in [1.54, 1.807) is 29.5 Å². The van der Waals surface area contributed by atoms with Crippen LogP contribution in [0.5, 0.6) is 11.5 Å². The molecule has 0 saturated carbocycles. The minimum Gasteiger partial charge on any atom is -0.504 e. The summed E-state index contributed by atoms with van der Waals surface area (Å²) in [4.78, 5) is 0.944. The molecule has 2 heterocycles. The van der Waals surface area contributed by atoms with Crippen molar-refractivity contribution in [3.8, 4) is 22.2 Å². The van der Waals surface area contributed by atoms with Gasteiger partial charge in [0.15, 0.2) is 17.3 Å². The molecule has 112 valence electrons. The van der Waals surface area contributed by atoms with E-state index in [-0.39, 0.29) is 5.75 Å². The van der Waals surface area contributed by atoms with Gasteiger partial charge in [0.25, 0.3) is 0 Å². The number of aromatic amines is 1. The van der Waals surface area contributed by atoms with Crippen molar-refractivity contribution in [2.45, 2.75) is 0 Å². The third-order valence-corrected chi connectivity index (χ3v) is 4.08. The van der Waals surface area contributed by atoms with Crippen LogP contribution in [0, 0.1) is 4.77 Å². The smallest absolute Gasteiger partial charge is 0.216 e. The fourth-order valence-corrected chi connectivity index (χ4v) is 2.77. The molecule has 0 aliphatic rings. The van der Waals surface area contributed by atoms with E-state index in [1.165, 1.54) is 18.0 Å². The number of hydrogen-bond donors (Lipinski definition) is 2. The van der Waals surface area contributed by atoms with Crippen molar-refractivity contribution in [2.75, 3.05) is 7.11 Å². The zero-order valence-electron chi connectivity index (χ0n) is 11.6. The van der Waals surface area contributed by atoms with Gasteiger partial charge in [0, 0.05) is 5.56 Å². The maximum absolute atomic E-state index is 10.1. The lowest BCUT2D eigenvalue weighted by atomic mass is 10.2. The van der Waals surface area contributed by atoms with Gasteiger partial charge in [-0.25, -0.2) is 5.10 Å². The first-order valence-corrected chi connectivity index (χ1v) is 7.61. The summed E-state index contributed by atoms with van der Waals surface area (Å²) < 4.78 is 6.96. The number of aromatic nitrogens is 3. The molecule has 0 bridgehead atoms. The van der Waals surface area contributed by atoms with Crippen molar-refractivity contribution in [3.05, 3.63) is 46.0 Å². The second kappa shape index (κ2) is 6.12. The summed E-state index contributed by atoms with van der Waals surface area (Å²) in [6, 6.07) is 9.04. The van der Waals surface area contributed by atoms with Gasteiger partial charge in [0.2, 0.25) is 4.77 Å². The molecular weight excluding hydrogens is 320 g/mol. The van der Waals surface area contributed by atoms with Gasteiger partial charge in [-0.15, -0.1) is 11.3 Å². The summed E-state index contributed by atoms with van der Waals surface area (Å²) in [5.74, 6) is 1.04. The monoisotopic (exact) mass is 332 g/mol. The Kier molecular flexibility index (Phi) is 4.03. The average molecular weight is 332 g/mol. The van der Waals surface area contributed by atoms with Crippen molar-refractivity contribution in [1.82, 2.24) is 14.9 Å². The SMILES string of the molecule is COc1cccc(/C=N/n2c(-c3cccs3)n[nH]c2=S)c1O. The predicted molar refractivity (Wildman–Crippen MR) is 88.4 cm³/mol. The molecule has 0 saturated heterocycles. The maximum Gasteiger partial charge on any atom is 0.216 e. The van der Waals surface area contributed by atoms with E-state index >= 15 is 0 Å². The van der Waals surface area contributed by atoms with E-state index in [9.17, 15) is 5.11 Å². The van der Waals surface area contributed by atoms with E-state index in [1.807, 2.05) is 17.5 Å². The van der Waals surface area contributed by atoms with Gasteiger partial charge in [0.1, 0.15) is 0 Å². The number of H-pyrrole nitrogens is 1. The molecule has 0 amide bonds. The second-order valence-electron chi connectivity index (χ2n) is 4.28. The van der Waals surface area contributed by atoms with E-state index in [2.05, 4.69) is 15.3 Å². The van der Waals surface area contributed by atoms with Gasteiger partial charge in [-0.2, -0.15) is 14.9 Å². The first-order chi connectivity index (χ1) is 10.7. The van der Waals surface area contributed by atoms with Crippen LogP contribution in [0.15, 0.2) is 40.8 Å². The van der Waals surface area contributed by atoms with Crippen LogP contribution in [0.2, 0.25) is 0 Å². The minimum absolute atomic E-state index is 0.0291. The third-order valence-electron chi connectivity index (χ3n) is 2.95. The summed E-state index contributed by atoms with van der Waals surface area (Å²) in [6.07, 6.45) is 1.51. The largest absolute Gasteiger partial charge is 0.504 e. The van der Waals surface area contributed by atoms with Crippen LogP contribution in [0.3, 0.4) is 0 Å². The lowest BCUT2D eigenvalue weighted by molar-refractivity contribution is 0.373. The molecule has 1 aromatic carbocycles. The predicted octanol–water partition coefficient (Wildman–Crippen LogP) is 3.27. The van der Waals surface area contributed by atoms with Crippen LogP contribution < -0.4 is 4.74 Å². The highest BCUT2D eigenvalue weighted by Gasteiger charge is 2.09. The molecule has 6 nitrogen and oxygen atoms in total. The van der Waals surface area contributed by atoms with Crippen LogP contribution in [-0.2, 0) is 0 Å². The Bertz CT molecular complexity index is 865. The van der Waals surface area contributed by atoms with Crippen molar-refractivity contribution < 1.29 is 9.84 Å². The third kappa shape index (κ3) is 2.66. The molecule has 0 unspecified atom stereocenters. The van der Waals surface area contributed by atoms with Crippen molar-refractivity contribution in [1.29, 1.82) is 0 Å². The topological polar surface area (TPSA) is 75.4 Å². The van der Waals surface area contributed by atoms with Crippen molar-refractivity contribution in [2.24, 2.45) is 5.10 Å². The number of aromatic hydroxyl groups is 1. The first kappa shape index (κ1) is 14.5. The molecule has 0 fully saturated rings. The number of para-hydroxylation sites is 1. The van der Waals surface area contributed by atoms with E-state index in [0.717, 1.165) is 4.88 Å². The normalized spacial score (nSPS) is 11.1. The van der Waals surface area contributed by atoms with Gasteiger partial charge < -0.3 is 9.84 Å². The zero-order chi connectivity index (χ0) is 15.5. The van der Waals surface area contributed by atoms with Gasteiger partial charge in [-0.05, 0) is 35.8 Å². The fraction of sp³-hybridized carbons (Fsp3) is 0.0714. The number of methoxy groups -OCH3 is 1. The van der Waals surface area contributed by atoms with E-state index in [0.29, 0.717) is 21.9 Å². The molecule has 0 atom stereocenters. The average Bonchev–Trinajstić information content (AvgIpc) is 3.16. The molecule has 0 radical (unpaired) electrons. The molecule has 22 heavy (non-hydrogen) atoms. The Morgan fingerprint density at radius 3 is 3.00 bits per heavy atom. The zero-order valence-corrected chi connectivity index (χ0v) is 13.2. The van der Waals surface area contributed by atoms with Crippen LogP contribution in [0.25, 0.3) is 10.7 Å². The van der Waals surface area contributed by atoms with Gasteiger partial charge in [-0.3, -0.25) is 0 Å². The van der Waals surface area contributed by atoms with Crippen LogP contribution in [-0.4, -0.2) is 33.3 Å². The van der Waals surface area contributed by atoms with Gasteiger partial charge in [-0.1, -0.05) is 12.1 Å². The molecular formula is C14H12N4O2S2. The molecule has 2 aromatic heterocycles. The molecule has 0 aliphatic carbocycles. The minimum atomic E-state index is 0.0291. The number of phenolic OH excluding ortho intramolecular Hbond substituents is 1. The highest BCUT2D eigenvalue weighted by Crippen LogP contribution is 2.28. The van der Waals surface area contributed by atoms with Crippen LogP contribution in [0.1, 0.15) is 5.56 Å². The standard InChI is InChI=1S/C14H12N4O2S2/c1-20-10-5-2-4-9(12(10)19)8-15-18-13(16-17-14(18)21)11-6-3-7-22-11/h2-8,19H,1H3,(H,17,21)/b15-8+. The number of hydrogen-bond acceptors (Lipinski definition) is 6. The van der Waals surface area contributed by atoms with Crippen LogP contribution >= 0.6 is 23.6 Å². The van der Waals surface area contributed by atoms with Crippen LogP contribution in [0.4, 0.5) is 0 Å². The quantitative estimate of drug-likeness (QED) is 0.568. The summed E-state index contributed by atoms with van der Waals surface area (Å²) >= 11 is 6.73. The lowest BCUT2D eigenvalue weighted by Crippen LogP contribution is -1.95. The number of rotatable bonds is 4. The number of nitrogens with one attached hydrogen (secondary N) is 1. The molecule has 8 heteroatoms. The summed E-state index contributed by atoms with van der Waals surface area (Å²) in [5.41, 5.74) is 0.527.